The summed E-state index contributed by atoms with van der Waals surface area (Å²) in [5, 5.41) is 2.72. The maximum absolute atomic E-state index is 12.4. The summed E-state index contributed by atoms with van der Waals surface area (Å²) in [5.41, 5.74) is 8.87. The molecule has 7 heteroatoms. The second-order valence-electron chi connectivity index (χ2n) is 9.54. The van der Waals surface area contributed by atoms with Crippen LogP contribution in [0.4, 0.5) is 4.39 Å². The van der Waals surface area contributed by atoms with Crippen molar-refractivity contribution >= 4 is 11.8 Å². The smallest absolute Gasteiger partial charge is 0.251 e. The van der Waals surface area contributed by atoms with Gasteiger partial charge in [-0.3, -0.25) is 9.59 Å². The van der Waals surface area contributed by atoms with Gasteiger partial charge in [0, 0.05) is 31.7 Å². The third kappa shape index (κ3) is 9.39. The van der Waals surface area contributed by atoms with E-state index in [0.717, 1.165) is 49.8 Å². The van der Waals surface area contributed by atoms with Gasteiger partial charge in [0.15, 0.2) is 0 Å². The lowest BCUT2D eigenvalue weighted by Crippen LogP contribution is -2.50. The lowest BCUT2D eigenvalue weighted by molar-refractivity contribution is -0.131. The second kappa shape index (κ2) is 15.0. The molecule has 0 unspecified atom stereocenters. The summed E-state index contributed by atoms with van der Waals surface area (Å²) in [6.07, 6.45) is 2.57. The first-order chi connectivity index (χ1) is 18.4. The highest BCUT2D eigenvalue weighted by Gasteiger charge is 2.23. The molecule has 3 aromatic rings. The van der Waals surface area contributed by atoms with E-state index in [4.69, 9.17) is 5.73 Å². The molecule has 5 rings (SSSR count). The molecule has 3 aromatic carbocycles. The fourth-order valence-corrected chi connectivity index (χ4v) is 4.02. The first-order valence-electron chi connectivity index (χ1n) is 13.3. The SMILES string of the molecule is CCN.CN1CCN(C(=O)CNC(=O)c2ccc(-c3ccccc3)cc2)CC1.Fc1ccc(C2CC2)cc1. The predicted molar refractivity (Wildman–Crippen MR) is 151 cm³/mol. The summed E-state index contributed by atoms with van der Waals surface area (Å²) in [6.45, 7) is 5.89. The zero-order valence-corrected chi connectivity index (χ0v) is 22.4. The van der Waals surface area contributed by atoms with E-state index in [1.54, 1.807) is 17.0 Å². The molecular weight excluding hydrogens is 479 g/mol. The summed E-state index contributed by atoms with van der Waals surface area (Å²) >= 11 is 0. The molecule has 1 heterocycles. The Bertz CT molecular complexity index is 1120. The highest BCUT2D eigenvalue weighted by molar-refractivity contribution is 5.96. The van der Waals surface area contributed by atoms with Gasteiger partial charge >= 0.3 is 0 Å². The number of likely N-dealkylation sites (N-methyl/N-ethyl adjacent to an activating group) is 1. The van der Waals surface area contributed by atoms with Crippen LogP contribution in [-0.2, 0) is 4.79 Å². The van der Waals surface area contributed by atoms with Gasteiger partial charge < -0.3 is 20.9 Å². The zero-order chi connectivity index (χ0) is 27.3. The highest BCUT2D eigenvalue weighted by atomic mass is 19.1. The largest absolute Gasteiger partial charge is 0.343 e. The molecule has 2 amide bonds. The topological polar surface area (TPSA) is 78.7 Å². The third-order valence-electron chi connectivity index (χ3n) is 6.43. The zero-order valence-electron chi connectivity index (χ0n) is 22.4. The molecule has 38 heavy (non-hydrogen) atoms. The van der Waals surface area contributed by atoms with Crippen molar-refractivity contribution < 1.29 is 14.0 Å². The Morgan fingerprint density at radius 3 is 1.97 bits per heavy atom. The van der Waals surface area contributed by atoms with Gasteiger partial charge in [-0.25, -0.2) is 4.39 Å². The summed E-state index contributed by atoms with van der Waals surface area (Å²) < 4.78 is 12.4. The Labute approximate surface area is 225 Å². The number of hydrogen-bond acceptors (Lipinski definition) is 4. The van der Waals surface area contributed by atoms with E-state index >= 15 is 0 Å². The minimum absolute atomic E-state index is 0.0256. The van der Waals surface area contributed by atoms with Crippen LogP contribution in [0.3, 0.4) is 0 Å². The van der Waals surface area contributed by atoms with Gasteiger partial charge in [-0.1, -0.05) is 61.5 Å². The fourth-order valence-electron chi connectivity index (χ4n) is 4.02. The Balaban J connectivity index is 0.000000253. The molecule has 2 aliphatic rings. The molecule has 0 bridgehead atoms. The normalized spacial score (nSPS) is 14.9. The molecule has 0 atom stereocenters. The fraction of sp³-hybridized carbons (Fsp3) is 0.355. The standard InChI is InChI=1S/C20H23N3O2.C9H9F.C2H7N/c1-22-11-13-23(14-12-22)19(24)15-21-20(25)18-9-7-17(8-10-18)16-5-3-2-4-6-16;10-9-5-3-8(4-6-9)7-1-2-7;1-2-3/h2-10H,11-15H2,1H3,(H,21,25);3-7H,1-2H2;2-3H2,1H3. The van der Waals surface area contributed by atoms with E-state index in [1.165, 1.54) is 30.5 Å². The van der Waals surface area contributed by atoms with Crippen LogP contribution >= 0.6 is 0 Å². The predicted octanol–water partition coefficient (Wildman–Crippen LogP) is 4.53. The van der Waals surface area contributed by atoms with Crippen LogP contribution < -0.4 is 11.1 Å². The van der Waals surface area contributed by atoms with E-state index in [2.05, 4.69) is 10.2 Å². The first kappa shape index (κ1) is 29.0. The van der Waals surface area contributed by atoms with Crippen LogP contribution in [0.15, 0.2) is 78.9 Å². The minimum atomic E-state index is -0.220. The van der Waals surface area contributed by atoms with Gasteiger partial charge in [0.05, 0.1) is 6.54 Å². The Morgan fingerprint density at radius 2 is 1.42 bits per heavy atom. The lowest BCUT2D eigenvalue weighted by atomic mass is 10.0. The van der Waals surface area contributed by atoms with Crippen LogP contribution in [0, 0.1) is 5.82 Å². The van der Waals surface area contributed by atoms with Crippen LogP contribution in [0.5, 0.6) is 0 Å². The summed E-state index contributed by atoms with van der Waals surface area (Å²) in [5.74, 6) is 0.356. The molecule has 1 saturated carbocycles. The van der Waals surface area contributed by atoms with Crippen molar-refractivity contribution in [2.24, 2.45) is 5.73 Å². The number of carbonyl (C=O) groups excluding carboxylic acids is 2. The molecular formula is C31H39FN4O2. The number of nitrogens with zero attached hydrogens (tertiary/aromatic N) is 2. The number of carbonyl (C=O) groups is 2. The summed E-state index contributed by atoms with van der Waals surface area (Å²) in [7, 11) is 2.04. The second-order valence-corrected chi connectivity index (χ2v) is 9.54. The van der Waals surface area contributed by atoms with E-state index in [1.807, 2.05) is 68.6 Å². The average Bonchev–Trinajstić information content (AvgIpc) is 3.80. The third-order valence-corrected chi connectivity index (χ3v) is 6.43. The van der Waals surface area contributed by atoms with Crippen molar-refractivity contribution in [2.75, 3.05) is 46.3 Å². The number of benzene rings is 3. The maximum Gasteiger partial charge on any atom is 0.251 e. The summed E-state index contributed by atoms with van der Waals surface area (Å²) in [4.78, 5) is 28.4. The average molecular weight is 519 g/mol. The van der Waals surface area contributed by atoms with Gasteiger partial charge in [0.1, 0.15) is 5.82 Å². The Morgan fingerprint density at radius 1 is 0.868 bits per heavy atom. The number of amides is 2. The first-order valence-corrected chi connectivity index (χ1v) is 13.3. The van der Waals surface area contributed by atoms with Gasteiger partial charge in [-0.05, 0) is 73.3 Å². The Kier molecular flexibility index (Phi) is 11.5. The molecule has 1 aliphatic heterocycles. The van der Waals surface area contributed by atoms with Crippen LogP contribution in [0.25, 0.3) is 11.1 Å². The van der Waals surface area contributed by atoms with Crippen molar-refractivity contribution in [1.82, 2.24) is 15.1 Å². The molecule has 6 nitrogen and oxygen atoms in total. The molecule has 0 spiro atoms. The number of hydrogen-bond donors (Lipinski definition) is 2. The highest BCUT2D eigenvalue weighted by Crippen LogP contribution is 2.39. The molecule has 1 saturated heterocycles. The number of rotatable bonds is 5. The lowest BCUT2D eigenvalue weighted by Gasteiger charge is -2.32. The number of nitrogens with two attached hydrogens (primary N) is 1. The van der Waals surface area contributed by atoms with Crippen LogP contribution in [0.1, 0.15) is 41.6 Å². The molecule has 202 valence electrons. The minimum Gasteiger partial charge on any atom is -0.343 e. The van der Waals surface area contributed by atoms with Gasteiger partial charge in [0.2, 0.25) is 5.91 Å². The quantitative estimate of drug-likeness (QED) is 0.520. The van der Waals surface area contributed by atoms with Gasteiger partial charge in [-0.2, -0.15) is 0 Å². The van der Waals surface area contributed by atoms with E-state index in [9.17, 15) is 14.0 Å². The molecule has 0 aromatic heterocycles. The monoisotopic (exact) mass is 518 g/mol. The maximum atomic E-state index is 12.4. The van der Waals surface area contributed by atoms with Crippen molar-refractivity contribution in [1.29, 1.82) is 0 Å². The summed E-state index contributed by atoms with van der Waals surface area (Å²) in [6, 6.07) is 24.3. The molecule has 0 radical (unpaired) electrons. The number of halogens is 1. The van der Waals surface area contributed by atoms with Crippen molar-refractivity contribution in [3.8, 4) is 11.1 Å². The van der Waals surface area contributed by atoms with Crippen LogP contribution in [0.2, 0.25) is 0 Å². The van der Waals surface area contributed by atoms with E-state index in [0.29, 0.717) is 5.56 Å². The van der Waals surface area contributed by atoms with Gasteiger partial charge in [0.25, 0.3) is 5.91 Å². The van der Waals surface area contributed by atoms with Crippen molar-refractivity contribution in [3.05, 3.63) is 95.8 Å². The molecule has 2 fully saturated rings. The van der Waals surface area contributed by atoms with Crippen LogP contribution in [-0.4, -0.2) is 67.9 Å². The number of nitrogens with one attached hydrogen (secondary N) is 1. The van der Waals surface area contributed by atoms with Crippen molar-refractivity contribution in [2.45, 2.75) is 25.7 Å². The molecule has 3 N–H and O–H groups in total. The molecule has 1 aliphatic carbocycles. The van der Waals surface area contributed by atoms with Gasteiger partial charge in [-0.15, -0.1) is 0 Å². The van der Waals surface area contributed by atoms with E-state index < -0.39 is 0 Å². The number of piperazine rings is 1. The van der Waals surface area contributed by atoms with E-state index in [-0.39, 0.29) is 24.2 Å². The van der Waals surface area contributed by atoms with Crippen molar-refractivity contribution in [3.63, 3.8) is 0 Å². The Hall–Kier alpha value is -3.55.